The molecule has 1 amide bonds. The van der Waals surface area contributed by atoms with E-state index >= 15 is 0 Å². The summed E-state index contributed by atoms with van der Waals surface area (Å²) < 4.78 is 10.4. The average molecular weight is 318 g/mol. The van der Waals surface area contributed by atoms with E-state index in [0.717, 1.165) is 11.3 Å². The van der Waals surface area contributed by atoms with Gasteiger partial charge in [-0.2, -0.15) is 0 Å². The third kappa shape index (κ3) is 3.07. The lowest BCUT2D eigenvalue weighted by Crippen LogP contribution is -2.07. The maximum absolute atomic E-state index is 11.8. The molecule has 0 saturated heterocycles. The Balaban J connectivity index is 1.64. The number of hydrogen-bond donors (Lipinski definition) is 1. The fraction of sp³-hybridized carbons (Fsp3) is 0.0714. The maximum atomic E-state index is 11.8. The van der Waals surface area contributed by atoms with E-state index < -0.39 is 4.92 Å². The molecule has 112 valence electrons. The number of nitrogens with one attached hydrogen (secondary N) is 1. The normalized spacial score (nSPS) is 12.5. The summed E-state index contributed by atoms with van der Waals surface area (Å²) in [5.74, 6) is 0.880. The number of fused-ring (bicyclic) bond motifs is 1. The van der Waals surface area contributed by atoms with E-state index in [0.29, 0.717) is 22.1 Å². The van der Waals surface area contributed by atoms with E-state index in [1.165, 1.54) is 18.2 Å². The summed E-state index contributed by atoms with van der Waals surface area (Å²) in [7, 11) is 0. The molecule has 2 aromatic rings. The summed E-state index contributed by atoms with van der Waals surface area (Å²) in [6, 6.07) is 8.08. The summed E-state index contributed by atoms with van der Waals surface area (Å²) >= 11 is 1.00. The zero-order valence-corrected chi connectivity index (χ0v) is 12.0. The number of rotatable bonds is 4. The molecule has 22 heavy (non-hydrogen) atoms. The van der Waals surface area contributed by atoms with Gasteiger partial charge in [0.15, 0.2) is 11.5 Å². The molecule has 1 aliphatic heterocycles. The highest BCUT2D eigenvalue weighted by molar-refractivity contribution is 7.16. The molecule has 1 aromatic carbocycles. The fourth-order valence-corrected chi connectivity index (χ4v) is 2.57. The van der Waals surface area contributed by atoms with Crippen LogP contribution in [0, 0.1) is 10.1 Å². The number of anilines is 1. The van der Waals surface area contributed by atoms with Crippen LogP contribution in [0.2, 0.25) is 0 Å². The van der Waals surface area contributed by atoms with Gasteiger partial charge in [0.2, 0.25) is 12.7 Å². The van der Waals surface area contributed by atoms with Crippen molar-refractivity contribution in [2.75, 3.05) is 12.1 Å². The SMILES string of the molecule is O=C(C=Cc1ccc([N+](=O)[O-])s1)Nc1ccc2c(c1)OCO2. The highest BCUT2D eigenvalue weighted by Crippen LogP contribution is 2.34. The molecule has 0 radical (unpaired) electrons. The minimum absolute atomic E-state index is 0.0378. The van der Waals surface area contributed by atoms with Crippen molar-refractivity contribution >= 4 is 34.0 Å². The first-order chi connectivity index (χ1) is 10.6. The number of ether oxygens (including phenoxy) is 2. The summed E-state index contributed by atoms with van der Waals surface area (Å²) in [5, 5.41) is 13.3. The van der Waals surface area contributed by atoms with E-state index in [1.54, 1.807) is 24.3 Å². The molecule has 0 atom stereocenters. The number of thiophene rings is 1. The first-order valence-electron chi connectivity index (χ1n) is 6.25. The van der Waals surface area contributed by atoms with Crippen molar-refractivity contribution in [1.82, 2.24) is 0 Å². The van der Waals surface area contributed by atoms with Gasteiger partial charge in [-0.1, -0.05) is 11.3 Å². The summed E-state index contributed by atoms with van der Waals surface area (Å²) in [4.78, 5) is 22.6. The zero-order chi connectivity index (χ0) is 15.5. The first kappa shape index (κ1) is 14.1. The lowest BCUT2D eigenvalue weighted by atomic mass is 10.2. The molecule has 0 bridgehead atoms. The van der Waals surface area contributed by atoms with Crippen molar-refractivity contribution in [2.45, 2.75) is 0 Å². The van der Waals surface area contributed by atoms with Crippen LogP contribution in [-0.2, 0) is 4.79 Å². The van der Waals surface area contributed by atoms with Crippen molar-refractivity contribution in [2.24, 2.45) is 0 Å². The molecule has 0 spiro atoms. The monoisotopic (exact) mass is 318 g/mol. The van der Waals surface area contributed by atoms with Gasteiger partial charge in [-0.05, 0) is 24.3 Å². The molecule has 1 aromatic heterocycles. The summed E-state index contributed by atoms with van der Waals surface area (Å²) in [5.41, 5.74) is 0.580. The predicted molar refractivity (Wildman–Crippen MR) is 81.2 cm³/mol. The molecule has 3 rings (SSSR count). The molecule has 1 aliphatic rings. The number of carbonyl (C=O) groups excluding carboxylic acids is 1. The van der Waals surface area contributed by atoms with Crippen LogP contribution in [0.25, 0.3) is 6.08 Å². The highest BCUT2D eigenvalue weighted by Gasteiger charge is 2.13. The molecule has 0 fully saturated rings. The van der Waals surface area contributed by atoms with Crippen molar-refractivity contribution in [3.63, 3.8) is 0 Å². The van der Waals surface area contributed by atoms with Crippen molar-refractivity contribution in [3.8, 4) is 11.5 Å². The van der Waals surface area contributed by atoms with Gasteiger partial charge in [-0.3, -0.25) is 14.9 Å². The van der Waals surface area contributed by atoms with Gasteiger partial charge in [0.1, 0.15) is 0 Å². The fourth-order valence-electron chi connectivity index (χ4n) is 1.85. The van der Waals surface area contributed by atoms with Crippen LogP contribution < -0.4 is 14.8 Å². The van der Waals surface area contributed by atoms with Crippen LogP contribution in [0.1, 0.15) is 4.88 Å². The Kier molecular flexibility index (Phi) is 3.75. The third-order valence-corrected chi connectivity index (χ3v) is 3.83. The van der Waals surface area contributed by atoms with Crippen LogP contribution in [-0.4, -0.2) is 17.6 Å². The molecule has 8 heteroatoms. The lowest BCUT2D eigenvalue weighted by molar-refractivity contribution is -0.380. The number of carbonyl (C=O) groups is 1. The topological polar surface area (TPSA) is 90.7 Å². The Hall–Kier alpha value is -2.87. The molecule has 0 aliphatic carbocycles. The number of hydrogen-bond acceptors (Lipinski definition) is 6. The quantitative estimate of drug-likeness (QED) is 0.531. The number of nitro groups is 1. The second-order valence-electron chi connectivity index (χ2n) is 4.32. The predicted octanol–water partition coefficient (Wildman–Crippen LogP) is 3.04. The van der Waals surface area contributed by atoms with E-state index in [1.807, 2.05) is 0 Å². The third-order valence-electron chi connectivity index (χ3n) is 2.83. The lowest BCUT2D eigenvalue weighted by Gasteiger charge is -2.03. The Morgan fingerprint density at radius 3 is 2.86 bits per heavy atom. The molecular formula is C14H10N2O5S. The van der Waals surface area contributed by atoms with E-state index in [-0.39, 0.29) is 17.7 Å². The first-order valence-corrected chi connectivity index (χ1v) is 7.06. The van der Waals surface area contributed by atoms with Crippen LogP contribution in [0.5, 0.6) is 11.5 Å². The zero-order valence-electron chi connectivity index (χ0n) is 11.1. The van der Waals surface area contributed by atoms with Crippen LogP contribution in [0.15, 0.2) is 36.4 Å². The van der Waals surface area contributed by atoms with E-state index in [9.17, 15) is 14.9 Å². The van der Waals surface area contributed by atoms with Gasteiger partial charge in [0, 0.05) is 28.8 Å². The molecule has 1 N–H and O–H groups in total. The molecular weight excluding hydrogens is 308 g/mol. The number of nitrogens with zero attached hydrogens (tertiary/aromatic N) is 1. The minimum Gasteiger partial charge on any atom is -0.454 e. The summed E-state index contributed by atoms with van der Waals surface area (Å²) in [6.07, 6.45) is 2.85. The van der Waals surface area contributed by atoms with Gasteiger partial charge < -0.3 is 14.8 Å². The maximum Gasteiger partial charge on any atom is 0.324 e. The second kappa shape index (κ2) is 5.86. The molecule has 0 saturated carbocycles. The Bertz CT molecular complexity index is 768. The largest absolute Gasteiger partial charge is 0.454 e. The molecule has 7 nitrogen and oxygen atoms in total. The van der Waals surface area contributed by atoms with Gasteiger partial charge in [0.25, 0.3) is 0 Å². The van der Waals surface area contributed by atoms with Crippen LogP contribution in [0.4, 0.5) is 10.7 Å². The number of amides is 1. The number of benzene rings is 1. The van der Waals surface area contributed by atoms with Gasteiger partial charge in [0.05, 0.1) is 4.92 Å². The van der Waals surface area contributed by atoms with E-state index in [4.69, 9.17) is 9.47 Å². The van der Waals surface area contributed by atoms with Crippen molar-refractivity contribution < 1.29 is 19.2 Å². The second-order valence-corrected chi connectivity index (χ2v) is 5.42. The summed E-state index contributed by atoms with van der Waals surface area (Å²) in [6.45, 7) is 0.170. The van der Waals surface area contributed by atoms with Crippen molar-refractivity contribution in [3.05, 3.63) is 51.4 Å². The Morgan fingerprint density at radius 1 is 1.27 bits per heavy atom. The smallest absolute Gasteiger partial charge is 0.324 e. The van der Waals surface area contributed by atoms with Crippen molar-refractivity contribution in [1.29, 1.82) is 0 Å². The minimum atomic E-state index is -0.464. The average Bonchev–Trinajstić information content (AvgIpc) is 3.13. The Labute approximate surface area is 128 Å². The standard InChI is InChI=1S/C14H10N2O5S/c17-13(5-2-10-3-6-14(22-10)16(18)19)15-9-1-4-11-12(7-9)21-8-20-11/h1-7H,8H2,(H,15,17). The van der Waals surface area contributed by atoms with Crippen LogP contribution >= 0.6 is 11.3 Å². The Morgan fingerprint density at radius 2 is 2.09 bits per heavy atom. The molecule has 0 unspecified atom stereocenters. The van der Waals surface area contributed by atoms with Crippen LogP contribution in [0.3, 0.4) is 0 Å². The van der Waals surface area contributed by atoms with E-state index in [2.05, 4.69) is 5.32 Å². The molecule has 2 heterocycles. The van der Waals surface area contributed by atoms with Gasteiger partial charge >= 0.3 is 5.00 Å². The van der Waals surface area contributed by atoms with Gasteiger partial charge in [-0.25, -0.2) is 0 Å². The highest BCUT2D eigenvalue weighted by atomic mass is 32.1. The van der Waals surface area contributed by atoms with Gasteiger partial charge in [-0.15, -0.1) is 0 Å².